The number of aromatic nitrogens is 2. The predicted molar refractivity (Wildman–Crippen MR) is 104 cm³/mol. The summed E-state index contributed by atoms with van der Waals surface area (Å²) in [6.07, 6.45) is 6.76. The van der Waals surface area contributed by atoms with E-state index in [-0.39, 0.29) is 17.7 Å². The van der Waals surface area contributed by atoms with Crippen LogP contribution in [0.1, 0.15) is 36.0 Å². The van der Waals surface area contributed by atoms with Gasteiger partial charge >= 0.3 is 5.97 Å². The van der Waals surface area contributed by atoms with Crippen LogP contribution in [0, 0.1) is 5.92 Å². The number of carbonyl (C=O) groups is 1. The standard InChI is InChI=1S/C18H26N4O4S/c1-19-27(24,25)11-12-4-6-13(7-5-12)22(2)16-14-8-9-20-17(14)21-10-15(16)18(23)26-3/h8-10,12-13,19H,4-7,11H2,1-3H3,(H,20,21). The maximum atomic E-state index is 12.3. The highest BCUT2D eigenvalue weighted by atomic mass is 32.2. The Kier molecular flexibility index (Phi) is 5.71. The third kappa shape index (κ3) is 4.08. The molecule has 1 aliphatic rings. The van der Waals surface area contributed by atoms with Crippen molar-refractivity contribution in [2.24, 2.45) is 5.92 Å². The molecule has 148 valence electrons. The second-order valence-corrected chi connectivity index (χ2v) is 8.99. The number of pyridine rings is 1. The van der Waals surface area contributed by atoms with Crippen molar-refractivity contribution in [3.05, 3.63) is 24.0 Å². The zero-order valence-corrected chi connectivity index (χ0v) is 16.7. The molecule has 0 atom stereocenters. The molecule has 0 bridgehead atoms. The number of ether oxygens (including phenoxy) is 1. The number of nitrogens with zero attached hydrogens (tertiary/aromatic N) is 2. The molecular formula is C18H26N4O4S. The van der Waals surface area contributed by atoms with Crippen LogP contribution in [0.25, 0.3) is 11.0 Å². The Labute approximate surface area is 159 Å². The van der Waals surface area contributed by atoms with E-state index in [1.165, 1.54) is 14.2 Å². The Morgan fingerprint density at radius 2 is 2.07 bits per heavy atom. The smallest absolute Gasteiger partial charge is 0.341 e. The Morgan fingerprint density at radius 3 is 2.70 bits per heavy atom. The molecule has 1 aliphatic carbocycles. The lowest BCUT2D eigenvalue weighted by molar-refractivity contribution is 0.0601. The fraction of sp³-hybridized carbons (Fsp3) is 0.556. The number of carbonyl (C=O) groups excluding carboxylic acids is 1. The molecule has 9 heteroatoms. The molecule has 0 amide bonds. The summed E-state index contributed by atoms with van der Waals surface area (Å²) < 4.78 is 30.9. The van der Waals surface area contributed by atoms with Crippen molar-refractivity contribution in [2.75, 3.05) is 31.9 Å². The molecule has 0 radical (unpaired) electrons. The number of hydrogen-bond donors (Lipinski definition) is 2. The lowest BCUT2D eigenvalue weighted by atomic mass is 9.86. The first-order chi connectivity index (χ1) is 12.9. The number of fused-ring (bicyclic) bond motifs is 1. The average Bonchev–Trinajstić information content (AvgIpc) is 3.15. The van der Waals surface area contributed by atoms with Crippen molar-refractivity contribution in [3.63, 3.8) is 0 Å². The lowest BCUT2D eigenvalue weighted by Gasteiger charge is -2.36. The summed E-state index contributed by atoms with van der Waals surface area (Å²) in [7, 11) is 1.60. The van der Waals surface area contributed by atoms with E-state index in [0.717, 1.165) is 42.4 Å². The van der Waals surface area contributed by atoms with Gasteiger partial charge < -0.3 is 14.6 Å². The Bertz CT molecular complexity index is 917. The minimum atomic E-state index is -3.19. The van der Waals surface area contributed by atoms with Gasteiger partial charge in [-0.25, -0.2) is 22.9 Å². The second kappa shape index (κ2) is 7.85. The third-order valence-electron chi connectivity index (χ3n) is 5.45. The monoisotopic (exact) mass is 394 g/mol. The predicted octanol–water partition coefficient (Wildman–Crippen LogP) is 1.89. The second-order valence-electron chi connectivity index (χ2n) is 7.02. The molecule has 3 rings (SSSR count). The lowest BCUT2D eigenvalue weighted by Crippen LogP contribution is -2.38. The van der Waals surface area contributed by atoms with E-state index in [9.17, 15) is 13.2 Å². The zero-order chi connectivity index (χ0) is 19.6. The highest BCUT2D eigenvalue weighted by Gasteiger charge is 2.30. The van der Waals surface area contributed by atoms with E-state index in [1.807, 2.05) is 13.1 Å². The topological polar surface area (TPSA) is 104 Å². The number of sulfonamides is 1. The first-order valence-corrected chi connectivity index (χ1v) is 10.7. The average molecular weight is 394 g/mol. The minimum absolute atomic E-state index is 0.164. The van der Waals surface area contributed by atoms with Crippen molar-refractivity contribution in [3.8, 4) is 0 Å². The molecule has 0 spiro atoms. The first kappa shape index (κ1) is 19.6. The Balaban J connectivity index is 1.82. The molecule has 0 aromatic carbocycles. The molecule has 27 heavy (non-hydrogen) atoms. The van der Waals surface area contributed by atoms with Crippen LogP contribution in [-0.2, 0) is 14.8 Å². The van der Waals surface area contributed by atoms with E-state index in [1.54, 1.807) is 12.4 Å². The van der Waals surface area contributed by atoms with Gasteiger partial charge in [0.05, 0.1) is 18.6 Å². The number of H-pyrrole nitrogens is 1. The van der Waals surface area contributed by atoms with Crippen LogP contribution in [0.15, 0.2) is 18.5 Å². The summed E-state index contributed by atoms with van der Waals surface area (Å²) in [5, 5.41) is 0.875. The molecule has 2 heterocycles. The van der Waals surface area contributed by atoms with E-state index in [4.69, 9.17) is 4.74 Å². The van der Waals surface area contributed by atoms with Crippen molar-refractivity contribution >= 4 is 32.7 Å². The van der Waals surface area contributed by atoms with E-state index in [2.05, 4.69) is 19.6 Å². The Hall–Kier alpha value is -2.13. The molecule has 2 aromatic heterocycles. The van der Waals surface area contributed by atoms with Crippen LogP contribution in [-0.4, -0.2) is 57.4 Å². The third-order valence-corrected chi connectivity index (χ3v) is 6.98. The van der Waals surface area contributed by atoms with Crippen LogP contribution in [0.2, 0.25) is 0 Å². The zero-order valence-electron chi connectivity index (χ0n) is 15.9. The SMILES string of the molecule is CNS(=O)(=O)CC1CCC(N(C)c2c(C(=O)OC)cnc3[nH]ccc23)CC1. The van der Waals surface area contributed by atoms with E-state index in [0.29, 0.717) is 5.56 Å². The number of nitrogens with one attached hydrogen (secondary N) is 2. The van der Waals surface area contributed by atoms with Crippen molar-refractivity contribution in [2.45, 2.75) is 31.7 Å². The summed E-state index contributed by atoms with van der Waals surface area (Å²) in [6.45, 7) is 0. The molecule has 1 fully saturated rings. The number of esters is 1. The quantitative estimate of drug-likeness (QED) is 0.725. The van der Waals surface area contributed by atoms with Gasteiger partial charge in [-0.1, -0.05) is 0 Å². The first-order valence-electron chi connectivity index (χ1n) is 9.04. The van der Waals surface area contributed by atoms with E-state index >= 15 is 0 Å². The molecule has 8 nitrogen and oxygen atoms in total. The van der Waals surface area contributed by atoms with Crippen molar-refractivity contribution < 1.29 is 17.9 Å². The van der Waals surface area contributed by atoms with Gasteiger partial charge in [0.2, 0.25) is 10.0 Å². The Morgan fingerprint density at radius 1 is 1.37 bits per heavy atom. The normalized spacial score (nSPS) is 20.6. The van der Waals surface area contributed by atoms with Gasteiger partial charge in [0.1, 0.15) is 11.2 Å². The number of aromatic amines is 1. The number of anilines is 1. The van der Waals surface area contributed by atoms with Crippen LogP contribution < -0.4 is 9.62 Å². The molecule has 1 saturated carbocycles. The number of hydrogen-bond acceptors (Lipinski definition) is 6. The number of rotatable bonds is 6. The summed E-state index contributed by atoms with van der Waals surface area (Å²) in [4.78, 5) is 21.8. The molecule has 2 aromatic rings. The van der Waals surface area contributed by atoms with Gasteiger partial charge in [-0.05, 0) is 44.7 Å². The van der Waals surface area contributed by atoms with Gasteiger partial charge in [0.15, 0.2) is 0 Å². The maximum absolute atomic E-state index is 12.3. The fourth-order valence-electron chi connectivity index (χ4n) is 3.91. The highest BCUT2D eigenvalue weighted by Crippen LogP contribution is 2.35. The van der Waals surface area contributed by atoms with Gasteiger partial charge in [-0.3, -0.25) is 0 Å². The summed E-state index contributed by atoms with van der Waals surface area (Å²) >= 11 is 0. The minimum Gasteiger partial charge on any atom is -0.465 e. The summed E-state index contributed by atoms with van der Waals surface area (Å²) in [6, 6.07) is 2.13. The summed E-state index contributed by atoms with van der Waals surface area (Å²) in [5.74, 6) is -0.0804. The van der Waals surface area contributed by atoms with Gasteiger partial charge in [-0.15, -0.1) is 0 Å². The molecule has 2 N–H and O–H groups in total. The van der Waals surface area contributed by atoms with Gasteiger partial charge in [-0.2, -0.15) is 0 Å². The fourth-order valence-corrected chi connectivity index (χ4v) is 5.03. The van der Waals surface area contributed by atoms with Crippen molar-refractivity contribution in [1.82, 2.24) is 14.7 Å². The number of methoxy groups -OCH3 is 1. The molecule has 0 unspecified atom stereocenters. The molecule has 0 aliphatic heterocycles. The highest BCUT2D eigenvalue weighted by molar-refractivity contribution is 7.89. The largest absolute Gasteiger partial charge is 0.465 e. The van der Waals surface area contributed by atoms with Crippen molar-refractivity contribution in [1.29, 1.82) is 0 Å². The maximum Gasteiger partial charge on any atom is 0.341 e. The van der Waals surface area contributed by atoms with Gasteiger partial charge in [0.25, 0.3) is 0 Å². The van der Waals surface area contributed by atoms with Crippen LogP contribution >= 0.6 is 0 Å². The van der Waals surface area contributed by atoms with Crippen LogP contribution in [0.3, 0.4) is 0 Å². The molecular weight excluding hydrogens is 368 g/mol. The molecule has 0 saturated heterocycles. The van der Waals surface area contributed by atoms with Gasteiger partial charge in [0, 0.05) is 30.9 Å². The summed E-state index contributed by atoms with van der Waals surface area (Å²) in [5.41, 5.74) is 1.96. The van der Waals surface area contributed by atoms with E-state index < -0.39 is 16.0 Å². The van der Waals surface area contributed by atoms with Crippen LogP contribution in [0.5, 0.6) is 0 Å². The van der Waals surface area contributed by atoms with Crippen LogP contribution in [0.4, 0.5) is 5.69 Å².